The third-order valence-corrected chi connectivity index (χ3v) is 7.60. The fourth-order valence-corrected chi connectivity index (χ4v) is 5.13. The Hall–Kier alpha value is -2.30. The van der Waals surface area contributed by atoms with E-state index in [-0.39, 0.29) is 20.7 Å². The van der Waals surface area contributed by atoms with Crippen LogP contribution >= 0.6 is 11.3 Å². The Labute approximate surface area is 154 Å². The maximum Gasteiger partial charge on any atom is 0.261 e. The number of carbonyl (C=O) groups excluding carboxylic acids is 1. The summed E-state index contributed by atoms with van der Waals surface area (Å²) in [6.45, 7) is 1.40. The minimum Gasteiger partial charge on any atom is -0.295 e. The maximum absolute atomic E-state index is 12.5. The van der Waals surface area contributed by atoms with E-state index < -0.39 is 19.9 Å². The van der Waals surface area contributed by atoms with Gasteiger partial charge in [0.2, 0.25) is 14.2 Å². The second-order valence-corrected chi connectivity index (χ2v) is 10.5. The van der Waals surface area contributed by atoms with E-state index in [2.05, 4.69) is 9.71 Å². The van der Waals surface area contributed by atoms with Gasteiger partial charge in [0.15, 0.2) is 5.78 Å². The number of nitrogens with one attached hydrogen (secondary N) is 1. The number of Topliss-reactive ketones (excluding diaryl/α,β-unsaturated/α-hetero) is 1. The number of thiazole rings is 1. The molecule has 1 heterocycles. The lowest BCUT2D eigenvalue weighted by Crippen LogP contribution is -2.13. The van der Waals surface area contributed by atoms with Crippen LogP contribution in [0.1, 0.15) is 17.3 Å². The average molecular weight is 410 g/mol. The number of rotatable bonds is 5. The summed E-state index contributed by atoms with van der Waals surface area (Å²) in [4.78, 5) is 15.3. The standard InChI is InChI=1S/C16H14N2O5S3/c1-10(19)11-3-6-13(7-4-11)26(22,23)18-12-5-8-14-15(9-12)24-16(17-14)25(2,20)21/h3-9,18H,1-2H3. The van der Waals surface area contributed by atoms with Crippen molar-refractivity contribution in [2.24, 2.45) is 0 Å². The maximum atomic E-state index is 12.5. The summed E-state index contributed by atoms with van der Waals surface area (Å²) in [6, 6.07) is 10.2. The molecule has 0 amide bonds. The molecular formula is C16H14N2O5S3. The summed E-state index contributed by atoms with van der Waals surface area (Å²) in [7, 11) is -7.27. The topological polar surface area (TPSA) is 110 Å². The Bertz CT molecular complexity index is 1210. The van der Waals surface area contributed by atoms with E-state index in [0.717, 1.165) is 17.6 Å². The summed E-state index contributed by atoms with van der Waals surface area (Å²) < 4.78 is 51.1. The number of hydrogen-bond acceptors (Lipinski definition) is 7. The highest BCUT2D eigenvalue weighted by Gasteiger charge is 2.17. The molecule has 0 fully saturated rings. The van der Waals surface area contributed by atoms with Gasteiger partial charge < -0.3 is 0 Å². The average Bonchev–Trinajstić information content (AvgIpc) is 2.98. The van der Waals surface area contributed by atoms with Crippen LogP contribution in [0, 0.1) is 0 Å². The van der Waals surface area contributed by atoms with Gasteiger partial charge in [0.05, 0.1) is 20.8 Å². The molecule has 0 radical (unpaired) electrons. The number of carbonyl (C=O) groups is 1. The van der Waals surface area contributed by atoms with Gasteiger partial charge in [-0.25, -0.2) is 21.8 Å². The Kier molecular flexibility index (Phi) is 4.59. The molecule has 0 bridgehead atoms. The highest BCUT2D eigenvalue weighted by atomic mass is 32.2. The molecule has 0 aliphatic heterocycles. The van der Waals surface area contributed by atoms with Gasteiger partial charge in [-0.1, -0.05) is 12.1 Å². The van der Waals surface area contributed by atoms with Crippen molar-refractivity contribution in [1.29, 1.82) is 0 Å². The first-order valence-electron chi connectivity index (χ1n) is 7.31. The van der Waals surface area contributed by atoms with Crippen LogP contribution in [0.5, 0.6) is 0 Å². The molecule has 2 aromatic carbocycles. The first-order valence-corrected chi connectivity index (χ1v) is 11.5. The number of benzene rings is 2. The van der Waals surface area contributed by atoms with E-state index >= 15 is 0 Å². The van der Waals surface area contributed by atoms with Crippen LogP contribution in [0.2, 0.25) is 0 Å². The number of sulfone groups is 1. The number of anilines is 1. The molecule has 0 saturated heterocycles. The van der Waals surface area contributed by atoms with Crippen LogP contribution in [0.25, 0.3) is 10.2 Å². The molecule has 26 heavy (non-hydrogen) atoms. The van der Waals surface area contributed by atoms with Crippen molar-refractivity contribution in [2.75, 3.05) is 11.0 Å². The molecule has 0 unspecified atom stereocenters. The second kappa shape index (κ2) is 6.45. The van der Waals surface area contributed by atoms with Crippen molar-refractivity contribution in [1.82, 2.24) is 4.98 Å². The number of hydrogen-bond donors (Lipinski definition) is 1. The Morgan fingerprint density at radius 3 is 2.27 bits per heavy atom. The lowest BCUT2D eigenvalue weighted by molar-refractivity contribution is 0.101. The van der Waals surface area contributed by atoms with Gasteiger partial charge in [0, 0.05) is 11.8 Å². The molecular weight excluding hydrogens is 396 g/mol. The fourth-order valence-electron chi connectivity index (χ4n) is 2.21. The molecule has 0 aliphatic rings. The smallest absolute Gasteiger partial charge is 0.261 e. The van der Waals surface area contributed by atoms with Crippen LogP contribution in [0.15, 0.2) is 51.7 Å². The summed E-state index contributed by atoms with van der Waals surface area (Å²) in [5, 5.41) is 0. The van der Waals surface area contributed by atoms with E-state index in [4.69, 9.17) is 0 Å². The SMILES string of the molecule is CC(=O)c1ccc(S(=O)(=O)Nc2ccc3nc(S(C)(=O)=O)sc3c2)cc1. The van der Waals surface area contributed by atoms with E-state index in [9.17, 15) is 21.6 Å². The molecule has 1 aromatic heterocycles. The van der Waals surface area contributed by atoms with Crippen LogP contribution in [0.4, 0.5) is 5.69 Å². The molecule has 0 saturated carbocycles. The third-order valence-electron chi connectivity index (χ3n) is 3.51. The molecule has 3 rings (SSSR count). The molecule has 1 N–H and O–H groups in total. The van der Waals surface area contributed by atoms with Gasteiger partial charge >= 0.3 is 0 Å². The van der Waals surface area contributed by atoms with Gasteiger partial charge in [-0.05, 0) is 37.3 Å². The van der Waals surface area contributed by atoms with E-state index in [1.54, 1.807) is 6.07 Å². The van der Waals surface area contributed by atoms with Crippen LogP contribution < -0.4 is 4.72 Å². The molecule has 0 spiro atoms. The van der Waals surface area contributed by atoms with Crippen LogP contribution in [-0.2, 0) is 19.9 Å². The van der Waals surface area contributed by atoms with E-state index in [1.165, 1.54) is 43.3 Å². The largest absolute Gasteiger partial charge is 0.295 e. The van der Waals surface area contributed by atoms with Gasteiger partial charge in [-0.2, -0.15) is 0 Å². The van der Waals surface area contributed by atoms with E-state index in [1.807, 2.05) is 0 Å². The quantitative estimate of drug-likeness (QED) is 0.648. The van der Waals surface area contributed by atoms with Gasteiger partial charge in [-0.15, -0.1) is 11.3 Å². The van der Waals surface area contributed by atoms with Gasteiger partial charge in [0.1, 0.15) is 0 Å². The molecule has 0 atom stereocenters. The van der Waals surface area contributed by atoms with Crippen molar-refractivity contribution in [3.05, 3.63) is 48.0 Å². The Balaban J connectivity index is 1.93. The Morgan fingerprint density at radius 1 is 1.04 bits per heavy atom. The lowest BCUT2D eigenvalue weighted by Gasteiger charge is -2.08. The zero-order valence-electron chi connectivity index (χ0n) is 13.8. The van der Waals surface area contributed by atoms with Crippen molar-refractivity contribution in [2.45, 2.75) is 16.2 Å². The summed E-state index contributed by atoms with van der Waals surface area (Å²) in [5.74, 6) is -0.153. The molecule has 136 valence electrons. The molecule has 3 aromatic rings. The van der Waals surface area contributed by atoms with Crippen LogP contribution in [-0.4, -0.2) is 33.9 Å². The number of ketones is 1. The number of sulfonamides is 1. The summed E-state index contributed by atoms with van der Waals surface area (Å²) in [6.07, 6.45) is 1.07. The summed E-state index contributed by atoms with van der Waals surface area (Å²) in [5.41, 5.74) is 1.18. The fraction of sp³-hybridized carbons (Fsp3) is 0.125. The van der Waals surface area contributed by atoms with Crippen molar-refractivity contribution in [3.8, 4) is 0 Å². The molecule has 0 aliphatic carbocycles. The van der Waals surface area contributed by atoms with Crippen molar-refractivity contribution >= 4 is 52.9 Å². The number of nitrogens with zero attached hydrogens (tertiary/aromatic N) is 1. The second-order valence-electron chi connectivity index (χ2n) is 5.62. The zero-order chi connectivity index (χ0) is 19.1. The molecule has 10 heteroatoms. The predicted octanol–water partition coefficient (Wildman–Crippen LogP) is 2.70. The zero-order valence-corrected chi connectivity index (χ0v) is 16.2. The van der Waals surface area contributed by atoms with Crippen molar-refractivity contribution < 1.29 is 21.6 Å². The summed E-state index contributed by atoms with van der Waals surface area (Å²) >= 11 is 0.974. The van der Waals surface area contributed by atoms with Crippen molar-refractivity contribution in [3.63, 3.8) is 0 Å². The normalized spacial score (nSPS) is 12.2. The lowest BCUT2D eigenvalue weighted by atomic mass is 10.2. The van der Waals surface area contributed by atoms with E-state index in [0.29, 0.717) is 15.8 Å². The number of fused-ring (bicyclic) bond motifs is 1. The highest BCUT2D eigenvalue weighted by Crippen LogP contribution is 2.28. The molecule has 7 nitrogen and oxygen atoms in total. The minimum atomic E-state index is -3.84. The third kappa shape index (κ3) is 3.76. The Morgan fingerprint density at radius 2 is 1.69 bits per heavy atom. The first-order chi connectivity index (χ1) is 12.1. The monoisotopic (exact) mass is 410 g/mol. The number of aromatic nitrogens is 1. The van der Waals surface area contributed by atoms with Gasteiger partial charge in [-0.3, -0.25) is 9.52 Å². The predicted molar refractivity (Wildman–Crippen MR) is 100.0 cm³/mol. The highest BCUT2D eigenvalue weighted by molar-refractivity contribution is 7.93. The first kappa shape index (κ1) is 18.5. The van der Waals surface area contributed by atoms with Gasteiger partial charge in [0.25, 0.3) is 10.0 Å². The van der Waals surface area contributed by atoms with Crippen LogP contribution in [0.3, 0.4) is 0 Å². The minimum absolute atomic E-state index is 0.0173.